The molecule has 4 heteroatoms. The summed E-state index contributed by atoms with van der Waals surface area (Å²) < 4.78 is 0. The van der Waals surface area contributed by atoms with Gasteiger partial charge in [-0.15, -0.1) is 0 Å². The molecule has 1 aromatic carbocycles. The summed E-state index contributed by atoms with van der Waals surface area (Å²) in [5.74, 6) is 0.256. The summed E-state index contributed by atoms with van der Waals surface area (Å²) in [7, 11) is 0. The summed E-state index contributed by atoms with van der Waals surface area (Å²) in [5, 5.41) is 4.15. The van der Waals surface area contributed by atoms with Crippen molar-refractivity contribution in [2.75, 3.05) is 5.32 Å². The molecule has 1 heterocycles. The Morgan fingerprint density at radius 2 is 1.83 bits per heavy atom. The lowest BCUT2D eigenvalue weighted by Crippen LogP contribution is -2.24. The number of carbonyl (C=O) groups is 1. The van der Waals surface area contributed by atoms with Gasteiger partial charge in [0, 0.05) is 22.6 Å². The molecule has 1 amide bonds. The van der Waals surface area contributed by atoms with Gasteiger partial charge in [0.25, 0.3) is 5.56 Å². The van der Waals surface area contributed by atoms with Gasteiger partial charge in [-0.1, -0.05) is 25.3 Å². The molecule has 23 heavy (non-hydrogen) atoms. The molecule has 4 rings (SSSR count). The fraction of sp³-hybridized carbons (Fsp3) is 0.474. The van der Waals surface area contributed by atoms with Crippen molar-refractivity contribution in [1.82, 2.24) is 4.98 Å². The van der Waals surface area contributed by atoms with Crippen LogP contribution in [0.25, 0.3) is 10.9 Å². The number of nitrogens with one attached hydrogen (secondary N) is 2. The number of hydrogen-bond acceptors (Lipinski definition) is 2. The number of fused-ring (bicyclic) bond motifs is 3. The molecular formula is C19H22N2O2. The van der Waals surface area contributed by atoms with Crippen molar-refractivity contribution in [2.45, 2.75) is 51.4 Å². The maximum Gasteiger partial charge on any atom is 0.251 e. The maximum atomic E-state index is 12.4. The minimum absolute atomic E-state index is 0.0285. The van der Waals surface area contributed by atoms with E-state index < -0.39 is 0 Å². The Morgan fingerprint density at radius 1 is 1.04 bits per heavy atom. The molecule has 0 aliphatic heterocycles. The number of carbonyl (C=O) groups excluding carboxylic acids is 1. The SMILES string of the molecule is O=C(Nc1ccc2c3c(c(=O)[nH]c2c1)CCC3)C1CCCCC1. The third-order valence-corrected chi connectivity index (χ3v) is 5.33. The second-order valence-corrected chi connectivity index (χ2v) is 6.85. The van der Waals surface area contributed by atoms with Gasteiger partial charge in [0.1, 0.15) is 0 Å². The number of aromatic amines is 1. The second kappa shape index (κ2) is 5.84. The summed E-state index contributed by atoms with van der Waals surface area (Å²) in [4.78, 5) is 27.5. The third-order valence-electron chi connectivity index (χ3n) is 5.33. The molecule has 1 saturated carbocycles. The Bertz CT molecular complexity index is 816. The fourth-order valence-electron chi connectivity index (χ4n) is 4.09. The smallest absolute Gasteiger partial charge is 0.251 e. The van der Waals surface area contributed by atoms with Crippen LogP contribution in [0.1, 0.15) is 49.7 Å². The molecule has 1 aromatic heterocycles. The Kier molecular flexibility index (Phi) is 3.68. The average Bonchev–Trinajstić information content (AvgIpc) is 3.06. The van der Waals surface area contributed by atoms with Crippen molar-refractivity contribution in [3.8, 4) is 0 Å². The molecule has 0 radical (unpaired) electrons. The highest BCUT2D eigenvalue weighted by molar-refractivity contribution is 5.95. The highest BCUT2D eigenvalue weighted by atomic mass is 16.2. The number of H-pyrrole nitrogens is 1. The van der Waals surface area contributed by atoms with E-state index in [1.807, 2.05) is 18.2 Å². The predicted octanol–water partition coefficient (Wildman–Crippen LogP) is 3.54. The van der Waals surface area contributed by atoms with Crippen LogP contribution in [0.4, 0.5) is 5.69 Å². The number of anilines is 1. The van der Waals surface area contributed by atoms with E-state index in [1.165, 1.54) is 12.0 Å². The largest absolute Gasteiger partial charge is 0.326 e. The van der Waals surface area contributed by atoms with Gasteiger partial charge in [0.05, 0.1) is 5.52 Å². The van der Waals surface area contributed by atoms with Crippen LogP contribution >= 0.6 is 0 Å². The quantitative estimate of drug-likeness (QED) is 0.891. The maximum absolute atomic E-state index is 12.4. The molecule has 120 valence electrons. The molecule has 2 aliphatic carbocycles. The van der Waals surface area contributed by atoms with Crippen LogP contribution in [0.3, 0.4) is 0 Å². The lowest BCUT2D eigenvalue weighted by molar-refractivity contribution is -0.120. The van der Waals surface area contributed by atoms with Gasteiger partial charge in [0.15, 0.2) is 0 Å². The first-order chi connectivity index (χ1) is 11.2. The van der Waals surface area contributed by atoms with E-state index >= 15 is 0 Å². The second-order valence-electron chi connectivity index (χ2n) is 6.85. The molecule has 0 atom stereocenters. The lowest BCUT2D eigenvalue weighted by atomic mass is 9.88. The molecule has 2 aromatic rings. The van der Waals surface area contributed by atoms with Gasteiger partial charge in [-0.25, -0.2) is 0 Å². The molecular weight excluding hydrogens is 288 g/mol. The number of aryl methyl sites for hydroxylation is 1. The number of benzene rings is 1. The van der Waals surface area contributed by atoms with E-state index in [4.69, 9.17) is 0 Å². The first kappa shape index (κ1) is 14.5. The van der Waals surface area contributed by atoms with E-state index in [2.05, 4.69) is 10.3 Å². The number of hydrogen-bond donors (Lipinski definition) is 2. The highest BCUT2D eigenvalue weighted by Crippen LogP contribution is 2.29. The Labute approximate surface area is 135 Å². The monoisotopic (exact) mass is 310 g/mol. The number of pyridine rings is 1. The summed E-state index contributed by atoms with van der Waals surface area (Å²) in [5.41, 5.74) is 3.77. The molecule has 1 fully saturated rings. The minimum atomic E-state index is 0.0285. The van der Waals surface area contributed by atoms with E-state index in [-0.39, 0.29) is 17.4 Å². The van der Waals surface area contributed by atoms with Gasteiger partial charge in [-0.05, 0) is 49.8 Å². The van der Waals surface area contributed by atoms with Crippen LogP contribution in [-0.2, 0) is 17.6 Å². The van der Waals surface area contributed by atoms with Gasteiger partial charge >= 0.3 is 0 Å². The van der Waals surface area contributed by atoms with Gasteiger partial charge in [0.2, 0.25) is 5.91 Å². The van der Waals surface area contributed by atoms with Crippen molar-refractivity contribution < 1.29 is 4.79 Å². The van der Waals surface area contributed by atoms with Crippen molar-refractivity contribution in [3.63, 3.8) is 0 Å². The van der Waals surface area contributed by atoms with Gasteiger partial charge in [-0.2, -0.15) is 0 Å². The van der Waals surface area contributed by atoms with E-state index in [9.17, 15) is 9.59 Å². The van der Waals surface area contributed by atoms with Crippen LogP contribution in [0, 0.1) is 5.92 Å². The number of aromatic nitrogens is 1. The van der Waals surface area contributed by atoms with Crippen LogP contribution in [0.15, 0.2) is 23.0 Å². The standard InChI is InChI=1S/C19H22N2O2/c22-18(12-5-2-1-3-6-12)20-13-9-10-15-14-7-4-8-16(14)19(23)21-17(15)11-13/h9-12H,1-8H2,(H,20,22)(H,21,23). The molecule has 0 bridgehead atoms. The first-order valence-corrected chi connectivity index (χ1v) is 8.71. The summed E-state index contributed by atoms with van der Waals surface area (Å²) in [6.45, 7) is 0. The molecule has 0 saturated heterocycles. The van der Waals surface area contributed by atoms with Gasteiger partial charge in [-0.3, -0.25) is 9.59 Å². The normalized spacial score (nSPS) is 18.1. The average molecular weight is 310 g/mol. The molecule has 2 N–H and O–H groups in total. The molecule has 0 spiro atoms. The van der Waals surface area contributed by atoms with Crippen molar-refractivity contribution >= 4 is 22.5 Å². The Balaban J connectivity index is 1.63. The zero-order valence-corrected chi connectivity index (χ0v) is 13.3. The third kappa shape index (κ3) is 2.67. The number of rotatable bonds is 2. The molecule has 2 aliphatic rings. The van der Waals surface area contributed by atoms with Crippen molar-refractivity contribution in [1.29, 1.82) is 0 Å². The van der Waals surface area contributed by atoms with Crippen LogP contribution < -0.4 is 10.9 Å². The summed E-state index contributed by atoms with van der Waals surface area (Å²) >= 11 is 0. The lowest BCUT2D eigenvalue weighted by Gasteiger charge is -2.20. The Hall–Kier alpha value is -2.10. The minimum Gasteiger partial charge on any atom is -0.326 e. The first-order valence-electron chi connectivity index (χ1n) is 8.71. The predicted molar refractivity (Wildman–Crippen MR) is 91.8 cm³/mol. The molecule has 0 unspecified atom stereocenters. The summed E-state index contributed by atoms with van der Waals surface area (Å²) in [6, 6.07) is 5.89. The topological polar surface area (TPSA) is 62.0 Å². The van der Waals surface area contributed by atoms with Crippen LogP contribution in [-0.4, -0.2) is 10.9 Å². The van der Waals surface area contributed by atoms with Gasteiger partial charge < -0.3 is 10.3 Å². The van der Waals surface area contributed by atoms with Crippen LogP contribution in [0.5, 0.6) is 0 Å². The number of amides is 1. The van der Waals surface area contributed by atoms with Crippen molar-refractivity contribution in [3.05, 3.63) is 39.7 Å². The van der Waals surface area contributed by atoms with E-state index in [0.29, 0.717) is 0 Å². The fourth-order valence-corrected chi connectivity index (χ4v) is 4.09. The van der Waals surface area contributed by atoms with E-state index in [1.54, 1.807) is 0 Å². The highest BCUT2D eigenvalue weighted by Gasteiger charge is 2.22. The zero-order chi connectivity index (χ0) is 15.8. The summed E-state index contributed by atoms with van der Waals surface area (Å²) in [6.07, 6.45) is 8.42. The Morgan fingerprint density at radius 3 is 2.65 bits per heavy atom. The van der Waals surface area contributed by atoms with Crippen LogP contribution in [0.2, 0.25) is 0 Å². The molecule has 4 nitrogen and oxygen atoms in total. The zero-order valence-electron chi connectivity index (χ0n) is 13.3. The van der Waals surface area contributed by atoms with E-state index in [0.717, 1.165) is 67.1 Å². The van der Waals surface area contributed by atoms with Crippen molar-refractivity contribution in [2.24, 2.45) is 5.92 Å².